The van der Waals surface area contributed by atoms with Crippen LogP contribution in [0.5, 0.6) is 5.75 Å². The Morgan fingerprint density at radius 2 is 1.65 bits per heavy atom. The van der Waals surface area contributed by atoms with Crippen LogP contribution in [-0.4, -0.2) is 30.6 Å². The molecule has 0 amide bonds. The molecule has 106 valence electrons. The highest BCUT2D eigenvalue weighted by Gasteiger charge is 2.11. The molecule has 2 rings (SSSR count). The molecule has 3 nitrogen and oxygen atoms in total. The summed E-state index contributed by atoms with van der Waals surface area (Å²) in [6.07, 6.45) is 0. The van der Waals surface area contributed by atoms with Crippen molar-refractivity contribution in [2.45, 2.75) is 12.6 Å². The van der Waals surface area contributed by atoms with Crippen LogP contribution in [0.3, 0.4) is 0 Å². The van der Waals surface area contributed by atoms with Crippen molar-refractivity contribution in [1.82, 2.24) is 10.2 Å². The van der Waals surface area contributed by atoms with E-state index < -0.39 is 0 Å². The standard InChI is InChI=1S/C17H22N2O/c1-19(2)13-17(15-6-4-3-5-7-15)18-12-14-8-10-16(20)11-9-14/h3-11,17-18,20H,12-13H2,1-2H3. The van der Waals surface area contributed by atoms with E-state index in [4.69, 9.17) is 0 Å². The Hall–Kier alpha value is -1.84. The average Bonchev–Trinajstić information content (AvgIpc) is 2.46. The lowest BCUT2D eigenvalue weighted by atomic mass is 10.1. The molecule has 20 heavy (non-hydrogen) atoms. The Morgan fingerprint density at radius 3 is 2.25 bits per heavy atom. The molecule has 1 atom stereocenters. The van der Waals surface area contributed by atoms with Crippen molar-refractivity contribution in [1.29, 1.82) is 0 Å². The van der Waals surface area contributed by atoms with Crippen molar-refractivity contribution in [3.05, 3.63) is 65.7 Å². The van der Waals surface area contributed by atoms with Crippen LogP contribution in [0.25, 0.3) is 0 Å². The molecule has 2 aromatic rings. The number of phenols is 1. The average molecular weight is 270 g/mol. The molecule has 0 fully saturated rings. The topological polar surface area (TPSA) is 35.5 Å². The van der Waals surface area contributed by atoms with Crippen molar-refractivity contribution < 1.29 is 5.11 Å². The van der Waals surface area contributed by atoms with E-state index in [1.165, 1.54) is 11.1 Å². The quantitative estimate of drug-likeness (QED) is 0.847. The molecule has 0 spiro atoms. The second-order valence-electron chi connectivity index (χ2n) is 5.27. The third-order valence-electron chi connectivity index (χ3n) is 3.24. The maximum absolute atomic E-state index is 9.30. The summed E-state index contributed by atoms with van der Waals surface area (Å²) < 4.78 is 0. The maximum atomic E-state index is 9.30. The number of aromatic hydroxyl groups is 1. The van der Waals surface area contributed by atoms with Gasteiger partial charge in [-0.05, 0) is 37.4 Å². The summed E-state index contributed by atoms with van der Waals surface area (Å²) in [4.78, 5) is 2.18. The van der Waals surface area contributed by atoms with Gasteiger partial charge in [0.1, 0.15) is 5.75 Å². The molecule has 0 radical (unpaired) electrons. The van der Waals surface area contributed by atoms with Gasteiger partial charge in [0.2, 0.25) is 0 Å². The molecule has 0 saturated heterocycles. The van der Waals surface area contributed by atoms with Gasteiger partial charge in [0.05, 0.1) is 0 Å². The Morgan fingerprint density at radius 1 is 1.00 bits per heavy atom. The highest BCUT2D eigenvalue weighted by Crippen LogP contribution is 2.15. The third-order valence-corrected chi connectivity index (χ3v) is 3.24. The van der Waals surface area contributed by atoms with Gasteiger partial charge >= 0.3 is 0 Å². The molecular weight excluding hydrogens is 248 g/mol. The van der Waals surface area contributed by atoms with Gasteiger partial charge in [-0.2, -0.15) is 0 Å². The van der Waals surface area contributed by atoms with Gasteiger partial charge in [-0.15, -0.1) is 0 Å². The van der Waals surface area contributed by atoms with E-state index >= 15 is 0 Å². The molecule has 0 saturated carbocycles. The van der Waals surface area contributed by atoms with Gasteiger partial charge in [0, 0.05) is 19.1 Å². The van der Waals surface area contributed by atoms with E-state index in [1.807, 2.05) is 18.2 Å². The number of hydrogen-bond donors (Lipinski definition) is 2. The van der Waals surface area contributed by atoms with Gasteiger partial charge in [0.15, 0.2) is 0 Å². The Balaban J connectivity index is 2.03. The van der Waals surface area contributed by atoms with E-state index in [2.05, 4.69) is 48.6 Å². The molecule has 0 aliphatic heterocycles. The van der Waals surface area contributed by atoms with E-state index in [-0.39, 0.29) is 0 Å². The fraction of sp³-hybridized carbons (Fsp3) is 0.294. The monoisotopic (exact) mass is 270 g/mol. The largest absolute Gasteiger partial charge is 0.508 e. The lowest BCUT2D eigenvalue weighted by Gasteiger charge is -2.23. The van der Waals surface area contributed by atoms with Gasteiger partial charge < -0.3 is 15.3 Å². The minimum absolute atomic E-state index is 0.292. The highest BCUT2D eigenvalue weighted by atomic mass is 16.3. The summed E-state index contributed by atoms with van der Waals surface area (Å²) in [7, 11) is 4.16. The Bertz CT molecular complexity index is 508. The molecule has 1 unspecified atom stereocenters. The van der Waals surface area contributed by atoms with Crippen molar-refractivity contribution in [2.75, 3.05) is 20.6 Å². The van der Waals surface area contributed by atoms with Crippen LogP contribution in [0.1, 0.15) is 17.2 Å². The van der Waals surface area contributed by atoms with Crippen LogP contribution in [0.2, 0.25) is 0 Å². The first kappa shape index (κ1) is 14.6. The molecule has 0 aliphatic rings. The van der Waals surface area contributed by atoms with Crippen LogP contribution in [0, 0.1) is 0 Å². The number of rotatable bonds is 6. The van der Waals surface area contributed by atoms with E-state index in [0.717, 1.165) is 13.1 Å². The first-order valence-corrected chi connectivity index (χ1v) is 6.86. The van der Waals surface area contributed by atoms with E-state index in [0.29, 0.717) is 11.8 Å². The smallest absolute Gasteiger partial charge is 0.115 e. The number of nitrogens with one attached hydrogen (secondary N) is 1. The zero-order valence-corrected chi connectivity index (χ0v) is 12.1. The van der Waals surface area contributed by atoms with Crippen LogP contribution >= 0.6 is 0 Å². The van der Waals surface area contributed by atoms with Crippen LogP contribution < -0.4 is 5.32 Å². The lowest BCUT2D eigenvalue weighted by Crippen LogP contribution is -2.30. The summed E-state index contributed by atoms with van der Waals surface area (Å²) in [6.45, 7) is 1.73. The maximum Gasteiger partial charge on any atom is 0.115 e. The fourth-order valence-electron chi connectivity index (χ4n) is 2.19. The zero-order valence-electron chi connectivity index (χ0n) is 12.1. The number of likely N-dealkylation sites (N-methyl/N-ethyl adjacent to an activating group) is 1. The summed E-state index contributed by atoms with van der Waals surface area (Å²) in [5, 5.41) is 12.9. The van der Waals surface area contributed by atoms with Crippen LogP contribution in [0.4, 0.5) is 0 Å². The zero-order chi connectivity index (χ0) is 14.4. The molecule has 0 heterocycles. The summed E-state index contributed by atoms with van der Waals surface area (Å²) in [5.74, 6) is 0.307. The number of phenolic OH excluding ortho intramolecular Hbond substituents is 1. The molecule has 0 aromatic heterocycles. The minimum atomic E-state index is 0.292. The molecule has 2 N–H and O–H groups in total. The summed E-state index contributed by atoms with van der Waals surface area (Å²) >= 11 is 0. The molecule has 3 heteroatoms. The van der Waals surface area contributed by atoms with Crippen molar-refractivity contribution in [2.24, 2.45) is 0 Å². The molecule has 0 aliphatic carbocycles. The van der Waals surface area contributed by atoms with E-state index in [9.17, 15) is 5.11 Å². The van der Waals surface area contributed by atoms with Gasteiger partial charge in [-0.25, -0.2) is 0 Å². The molecule has 0 bridgehead atoms. The summed E-state index contributed by atoms with van der Waals surface area (Å²) in [6, 6.07) is 18.1. The Kier molecular flexibility index (Phi) is 5.16. The SMILES string of the molecule is CN(C)CC(NCc1ccc(O)cc1)c1ccccc1. The Labute approximate surface area is 120 Å². The van der Waals surface area contributed by atoms with Crippen LogP contribution in [0.15, 0.2) is 54.6 Å². The van der Waals surface area contributed by atoms with Crippen molar-refractivity contribution in [3.8, 4) is 5.75 Å². The minimum Gasteiger partial charge on any atom is -0.508 e. The number of benzene rings is 2. The predicted molar refractivity (Wildman–Crippen MR) is 82.7 cm³/mol. The first-order valence-electron chi connectivity index (χ1n) is 6.86. The third kappa shape index (κ3) is 4.37. The van der Waals surface area contributed by atoms with Crippen molar-refractivity contribution >= 4 is 0 Å². The second-order valence-corrected chi connectivity index (χ2v) is 5.27. The van der Waals surface area contributed by atoms with E-state index in [1.54, 1.807) is 12.1 Å². The fourth-order valence-corrected chi connectivity index (χ4v) is 2.19. The predicted octanol–water partition coefficient (Wildman–Crippen LogP) is 2.78. The summed E-state index contributed by atoms with van der Waals surface area (Å²) in [5.41, 5.74) is 2.46. The van der Waals surface area contributed by atoms with Crippen LogP contribution in [-0.2, 0) is 6.54 Å². The number of nitrogens with zero attached hydrogens (tertiary/aromatic N) is 1. The van der Waals surface area contributed by atoms with Gasteiger partial charge in [-0.1, -0.05) is 42.5 Å². The molecule has 2 aromatic carbocycles. The molecular formula is C17H22N2O. The first-order chi connectivity index (χ1) is 9.65. The van der Waals surface area contributed by atoms with Gasteiger partial charge in [-0.3, -0.25) is 0 Å². The number of hydrogen-bond acceptors (Lipinski definition) is 3. The van der Waals surface area contributed by atoms with Gasteiger partial charge in [0.25, 0.3) is 0 Å². The second kappa shape index (κ2) is 7.08. The lowest BCUT2D eigenvalue weighted by molar-refractivity contribution is 0.340. The normalized spacial score (nSPS) is 12.6. The van der Waals surface area contributed by atoms with Crippen molar-refractivity contribution in [3.63, 3.8) is 0 Å². The highest BCUT2D eigenvalue weighted by molar-refractivity contribution is 5.26.